The number of sulfonamides is 1. The van der Waals surface area contributed by atoms with Crippen molar-refractivity contribution in [3.05, 3.63) is 83.7 Å². The van der Waals surface area contributed by atoms with Gasteiger partial charge in [-0.3, -0.25) is 4.98 Å². The molecule has 0 spiro atoms. The van der Waals surface area contributed by atoms with E-state index in [1.54, 1.807) is 25.4 Å². The van der Waals surface area contributed by atoms with Crippen molar-refractivity contribution in [2.45, 2.75) is 43.8 Å². The van der Waals surface area contributed by atoms with E-state index in [2.05, 4.69) is 4.98 Å². The molecule has 1 aromatic heterocycles. The topological polar surface area (TPSA) is 76.3 Å². The molecule has 0 aliphatic carbocycles. The summed E-state index contributed by atoms with van der Waals surface area (Å²) in [7, 11) is -4.47. The number of nitrogens with two attached hydrogens (primary N) is 1. The largest absolute Gasteiger partial charge is 0.417 e. The molecule has 0 saturated carbocycles. The van der Waals surface area contributed by atoms with E-state index >= 15 is 0 Å². The van der Waals surface area contributed by atoms with Gasteiger partial charge >= 0.3 is 6.18 Å². The molecule has 182 valence electrons. The summed E-state index contributed by atoms with van der Waals surface area (Å²) >= 11 is 0. The number of pyridine rings is 1. The Morgan fingerprint density at radius 3 is 2.47 bits per heavy atom. The highest BCUT2D eigenvalue weighted by atomic mass is 32.2. The second-order valence-electron chi connectivity index (χ2n) is 8.10. The van der Waals surface area contributed by atoms with Gasteiger partial charge in [0.1, 0.15) is 0 Å². The summed E-state index contributed by atoms with van der Waals surface area (Å²) in [6.45, 7) is 4.02. The molecule has 0 radical (unpaired) electrons. The van der Waals surface area contributed by atoms with Gasteiger partial charge in [-0.1, -0.05) is 30.3 Å². The number of rotatable bonds is 9. The van der Waals surface area contributed by atoms with E-state index in [4.69, 9.17) is 5.73 Å². The average Bonchev–Trinajstić information content (AvgIpc) is 2.81. The third-order valence-electron chi connectivity index (χ3n) is 5.74. The van der Waals surface area contributed by atoms with E-state index in [0.717, 1.165) is 33.1 Å². The molecule has 5 nitrogen and oxygen atoms in total. The Morgan fingerprint density at radius 2 is 1.79 bits per heavy atom. The van der Waals surface area contributed by atoms with E-state index < -0.39 is 32.7 Å². The fourth-order valence-electron chi connectivity index (χ4n) is 3.92. The van der Waals surface area contributed by atoms with Gasteiger partial charge in [-0.05, 0) is 79.8 Å². The number of hydrogen-bond donors (Lipinski definition) is 1. The molecule has 0 amide bonds. The second-order valence-corrected chi connectivity index (χ2v) is 9.96. The van der Waals surface area contributed by atoms with Crippen LogP contribution in [0.25, 0.3) is 11.1 Å². The summed E-state index contributed by atoms with van der Waals surface area (Å²) in [5, 5.41) is 0. The fraction of sp³-hybridized carbons (Fsp3) is 0.320. The van der Waals surface area contributed by atoms with Crippen LogP contribution in [0.3, 0.4) is 0 Å². The van der Waals surface area contributed by atoms with Crippen LogP contribution in [0.2, 0.25) is 0 Å². The highest BCUT2D eigenvalue weighted by Crippen LogP contribution is 2.37. The summed E-state index contributed by atoms with van der Waals surface area (Å²) in [6.07, 6.45) is -0.402. The van der Waals surface area contributed by atoms with Crippen molar-refractivity contribution in [1.82, 2.24) is 9.29 Å². The minimum Gasteiger partial charge on any atom is -0.330 e. The third kappa shape index (κ3) is 5.65. The maximum Gasteiger partial charge on any atom is 0.417 e. The first-order valence-electron chi connectivity index (χ1n) is 11.0. The number of nitrogens with zero attached hydrogens (tertiary/aromatic N) is 2. The average molecular weight is 492 g/mol. The Balaban J connectivity index is 2.07. The van der Waals surface area contributed by atoms with Crippen LogP contribution in [0.4, 0.5) is 13.2 Å². The number of hydrogen-bond acceptors (Lipinski definition) is 4. The third-order valence-corrected chi connectivity index (χ3v) is 7.77. The summed E-state index contributed by atoms with van der Waals surface area (Å²) in [4.78, 5) is 3.36. The van der Waals surface area contributed by atoms with E-state index in [9.17, 15) is 21.6 Å². The van der Waals surface area contributed by atoms with E-state index in [1.807, 2.05) is 31.2 Å². The zero-order valence-electron chi connectivity index (χ0n) is 19.1. The van der Waals surface area contributed by atoms with Gasteiger partial charge in [-0.25, -0.2) is 8.42 Å². The quantitative estimate of drug-likeness (QED) is 0.397. The Labute approximate surface area is 198 Å². The van der Waals surface area contributed by atoms with Gasteiger partial charge in [0.05, 0.1) is 10.5 Å². The highest BCUT2D eigenvalue weighted by molar-refractivity contribution is 7.89. The van der Waals surface area contributed by atoms with Crippen molar-refractivity contribution in [2.24, 2.45) is 5.73 Å². The van der Waals surface area contributed by atoms with Crippen LogP contribution in [0, 0.1) is 6.92 Å². The molecule has 1 atom stereocenters. The predicted octanol–water partition coefficient (Wildman–Crippen LogP) is 5.57. The lowest BCUT2D eigenvalue weighted by molar-refractivity contribution is -0.139. The summed E-state index contributed by atoms with van der Waals surface area (Å²) in [5.41, 5.74) is 7.86. The van der Waals surface area contributed by atoms with Crippen molar-refractivity contribution in [2.75, 3.05) is 13.1 Å². The van der Waals surface area contributed by atoms with Crippen LogP contribution < -0.4 is 5.73 Å². The highest BCUT2D eigenvalue weighted by Gasteiger charge is 2.40. The Hall–Kier alpha value is -2.75. The molecule has 2 aromatic carbocycles. The second kappa shape index (κ2) is 10.7. The smallest absolute Gasteiger partial charge is 0.330 e. The number of aromatic nitrogens is 1. The minimum atomic E-state index is -4.80. The normalized spacial score (nSPS) is 13.3. The van der Waals surface area contributed by atoms with Crippen LogP contribution in [-0.2, 0) is 16.2 Å². The predicted molar refractivity (Wildman–Crippen MR) is 126 cm³/mol. The van der Waals surface area contributed by atoms with Gasteiger partial charge in [0.2, 0.25) is 10.0 Å². The zero-order chi connectivity index (χ0) is 24.9. The van der Waals surface area contributed by atoms with Crippen molar-refractivity contribution in [3.8, 4) is 11.1 Å². The molecular weight excluding hydrogens is 463 g/mol. The van der Waals surface area contributed by atoms with Crippen LogP contribution in [0.5, 0.6) is 0 Å². The maximum absolute atomic E-state index is 13.6. The summed E-state index contributed by atoms with van der Waals surface area (Å²) in [6, 6.07) is 12.8. The molecule has 0 saturated heterocycles. The van der Waals surface area contributed by atoms with Crippen LogP contribution in [-0.4, -0.2) is 30.8 Å². The minimum absolute atomic E-state index is 0.0470. The molecular formula is C25H28F3N3O2S. The van der Waals surface area contributed by atoms with Crippen LogP contribution in [0.1, 0.15) is 42.5 Å². The van der Waals surface area contributed by atoms with Gasteiger partial charge < -0.3 is 5.73 Å². The summed E-state index contributed by atoms with van der Waals surface area (Å²) in [5.74, 6) is 0. The molecule has 0 aliphatic rings. The van der Waals surface area contributed by atoms with Crippen molar-refractivity contribution >= 4 is 10.0 Å². The molecule has 1 unspecified atom stereocenters. The molecule has 3 rings (SSSR count). The van der Waals surface area contributed by atoms with Gasteiger partial charge in [-0.2, -0.15) is 17.5 Å². The number of benzene rings is 2. The van der Waals surface area contributed by atoms with Crippen molar-refractivity contribution < 1.29 is 21.6 Å². The molecule has 2 N–H and O–H groups in total. The molecule has 34 heavy (non-hydrogen) atoms. The van der Waals surface area contributed by atoms with Crippen molar-refractivity contribution in [3.63, 3.8) is 0 Å². The number of alkyl halides is 3. The van der Waals surface area contributed by atoms with Crippen LogP contribution in [0.15, 0.2) is 71.9 Å². The fourth-order valence-corrected chi connectivity index (χ4v) is 5.79. The Kier molecular flexibility index (Phi) is 8.12. The Morgan fingerprint density at radius 1 is 1.06 bits per heavy atom. The monoisotopic (exact) mass is 491 g/mol. The van der Waals surface area contributed by atoms with E-state index in [-0.39, 0.29) is 6.54 Å². The molecule has 9 heteroatoms. The standard InChI is InChI=1S/C25H28F3N3O2S/c1-18-17-30-14-12-22(18)21-9-7-8-20(16-21)19(2)31(15-6-5-13-29)34(32,33)24-11-4-3-10-23(24)25(26,27)28/h3-4,7-12,14,16-17,19H,5-6,13,15,29H2,1-2H3. The maximum atomic E-state index is 13.6. The molecule has 0 fully saturated rings. The van der Waals surface area contributed by atoms with Gasteiger partial charge in [0.25, 0.3) is 0 Å². The van der Waals surface area contributed by atoms with Crippen molar-refractivity contribution in [1.29, 1.82) is 0 Å². The first kappa shape index (κ1) is 25.9. The van der Waals surface area contributed by atoms with Crippen LogP contribution >= 0.6 is 0 Å². The zero-order valence-corrected chi connectivity index (χ0v) is 19.9. The first-order chi connectivity index (χ1) is 16.1. The Bertz CT molecular complexity index is 1230. The van der Waals surface area contributed by atoms with E-state index in [0.29, 0.717) is 24.9 Å². The summed E-state index contributed by atoms with van der Waals surface area (Å²) < 4.78 is 69.3. The van der Waals surface area contributed by atoms with Gasteiger partial charge in [0, 0.05) is 25.0 Å². The number of halogens is 3. The number of unbranched alkanes of at least 4 members (excludes halogenated alkanes) is 1. The van der Waals surface area contributed by atoms with E-state index in [1.165, 1.54) is 12.1 Å². The molecule has 3 aromatic rings. The SMILES string of the molecule is Cc1cnccc1-c1cccc(C(C)N(CCCCN)S(=O)(=O)c2ccccc2C(F)(F)F)c1. The first-order valence-corrected chi connectivity index (χ1v) is 12.4. The number of aryl methyl sites for hydroxylation is 1. The molecule has 0 bridgehead atoms. The lowest BCUT2D eigenvalue weighted by Crippen LogP contribution is -2.36. The molecule has 0 aliphatic heterocycles. The van der Waals surface area contributed by atoms with Gasteiger partial charge in [-0.15, -0.1) is 0 Å². The lowest BCUT2D eigenvalue weighted by Gasteiger charge is -2.30. The lowest BCUT2D eigenvalue weighted by atomic mass is 9.98. The molecule has 1 heterocycles. The van der Waals surface area contributed by atoms with Gasteiger partial charge in [0.15, 0.2) is 0 Å².